The summed E-state index contributed by atoms with van der Waals surface area (Å²) in [7, 11) is 1.72. The summed E-state index contributed by atoms with van der Waals surface area (Å²) in [5.74, 6) is 0.268. The summed E-state index contributed by atoms with van der Waals surface area (Å²) in [4.78, 5) is 16.6. The van der Waals surface area contributed by atoms with Crippen LogP contribution in [0.15, 0.2) is 0 Å². The number of amides is 1. The predicted octanol–water partition coefficient (Wildman–Crippen LogP) is 0.537. The first-order valence-electron chi connectivity index (χ1n) is 7.17. The molecule has 0 spiro atoms. The maximum Gasteiger partial charge on any atom is 0.239 e. The normalized spacial score (nSPS) is 26.8. The van der Waals surface area contributed by atoms with Crippen LogP contribution < -0.4 is 5.73 Å². The molecule has 0 aromatic rings. The maximum absolute atomic E-state index is 12.3. The van der Waals surface area contributed by atoms with Crippen molar-refractivity contribution in [2.45, 2.75) is 45.8 Å². The van der Waals surface area contributed by atoms with Gasteiger partial charge in [-0.25, -0.2) is 0 Å². The molecule has 19 heavy (non-hydrogen) atoms. The van der Waals surface area contributed by atoms with Crippen LogP contribution in [0.3, 0.4) is 0 Å². The molecule has 0 unspecified atom stereocenters. The first-order valence-corrected chi connectivity index (χ1v) is 7.17. The number of rotatable bonds is 5. The van der Waals surface area contributed by atoms with Crippen LogP contribution in [0, 0.1) is 5.92 Å². The number of carbonyl (C=O) groups is 1. The second kappa shape index (κ2) is 7.22. The lowest BCUT2D eigenvalue weighted by Gasteiger charge is -2.45. The molecule has 0 saturated carbocycles. The number of hydrogen-bond acceptors (Lipinski definition) is 4. The molecular formula is C14H29N3O2. The highest BCUT2D eigenvalue weighted by Crippen LogP contribution is 2.17. The summed E-state index contributed by atoms with van der Waals surface area (Å²) < 4.78 is 5.14. The van der Waals surface area contributed by atoms with Gasteiger partial charge in [-0.1, -0.05) is 13.8 Å². The third-order valence-electron chi connectivity index (χ3n) is 3.97. The third-order valence-corrected chi connectivity index (χ3v) is 3.97. The molecule has 1 aliphatic rings. The van der Waals surface area contributed by atoms with Crippen LogP contribution in [-0.2, 0) is 9.53 Å². The quantitative estimate of drug-likeness (QED) is 0.793. The van der Waals surface area contributed by atoms with Crippen LogP contribution >= 0.6 is 0 Å². The molecule has 1 aliphatic heterocycles. The molecule has 0 bridgehead atoms. The lowest BCUT2D eigenvalue weighted by atomic mass is 10.0. The molecule has 1 saturated heterocycles. The fourth-order valence-corrected chi connectivity index (χ4v) is 2.67. The monoisotopic (exact) mass is 271 g/mol. The highest BCUT2D eigenvalue weighted by molar-refractivity contribution is 5.82. The molecule has 0 aromatic heterocycles. The van der Waals surface area contributed by atoms with Crippen molar-refractivity contribution < 1.29 is 9.53 Å². The van der Waals surface area contributed by atoms with E-state index in [9.17, 15) is 4.79 Å². The van der Waals surface area contributed by atoms with E-state index in [2.05, 4.69) is 18.7 Å². The molecule has 5 nitrogen and oxygen atoms in total. The van der Waals surface area contributed by atoms with Crippen molar-refractivity contribution >= 4 is 5.91 Å². The topological polar surface area (TPSA) is 58.8 Å². The van der Waals surface area contributed by atoms with Crippen LogP contribution in [0.1, 0.15) is 27.7 Å². The Labute approximate surface area is 117 Å². The Bertz CT molecular complexity index is 284. The van der Waals surface area contributed by atoms with Crippen LogP contribution in [0.2, 0.25) is 0 Å². The Morgan fingerprint density at radius 3 is 2.26 bits per heavy atom. The summed E-state index contributed by atoms with van der Waals surface area (Å²) in [5.41, 5.74) is 5.97. The number of nitrogens with two attached hydrogens (primary N) is 1. The van der Waals surface area contributed by atoms with Gasteiger partial charge >= 0.3 is 0 Å². The van der Waals surface area contributed by atoms with Crippen molar-refractivity contribution in [3.63, 3.8) is 0 Å². The van der Waals surface area contributed by atoms with Gasteiger partial charge in [0.05, 0.1) is 12.6 Å². The molecule has 0 aromatic carbocycles. The van der Waals surface area contributed by atoms with Crippen LogP contribution in [0.25, 0.3) is 0 Å². The van der Waals surface area contributed by atoms with Crippen molar-refractivity contribution in [2.75, 3.05) is 33.4 Å². The second-order valence-corrected chi connectivity index (χ2v) is 5.94. The Kier molecular flexibility index (Phi) is 6.23. The molecule has 1 amide bonds. The average Bonchev–Trinajstić information content (AvgIpc) is 2.35. The third kappa shape index (κ3) is 4.16. The minimum absolute atomic E-state index is 0.0834. The Balaban J connectivity index is 2.61. The highest BCUT2D eigenvalue weighted by atomic mass is 16.5. The highest BCUT2D eigenvalue weighted by Gasteiger charge is 2.33. The summed E-state index contributed by atoms with van der Waals surface area (Å²) in [6.45, 7) is 11.5. The molecule has 1 heterocycles. The van der Waals surface area contributed by atoms with Crippen LogP contribution in [0.4, 0.5) is 0 Å². The maximum atomic E-state index is 12.3. The van der Waals surface area contributed by atoms with Crippen molar-refractivity contribution in [2.24, 2.45) is 11.7 Å². The summed E-state index contributed by atoms with van der Waals surface area (Å²) in [6, 6.07) is 0.314. The summed E-state index contributed by atoms with van der Waals surface area (Å²) in [6.07, 6.45) is 0. The largest absolute Gasteiger partial charge is 0.383 e. The molecule has 1 fully saturated rings. The minimum Gasteiger partial charge on any atom is -0.383 e. The van der Waals surface area contributed by atoms with Gasteiger partial charge in [-0.05, 0) is 19.8 Å². The van der Waals surface area contributed by atoms with Crippen LogP contribution in [-0.4, -0.2) is 67.2 Å². The molecule has 0 radical (unpaired) electrons. The van der Waals surface area contributed by atoms with E-state index in [0.29, 0.717) is 12.1 Å². The zero-order valence-corrected chi connectivity index (χ0v) is 12.9. The molecule has 5 heteroatoms. The van der Waals surface area contributed by atoms with Gasteiger partial charge in [0.25, 0.3) is 0 Å². The zero-order chi connectivity index (χ0) is 14.6. The van der Waals surface area contributed by atoms with Gasteiger partial charge in [0.1, 0.15) is 0 Å². The van der Waals surface area contributed by atoms with Gasteiger partial charge in [0.2, 0.25) is 5.91 Å². The standard InChI is InChI=1S/C14H29N3O2/c1-10(2)13(15)14(18)16-8-11(3)17(6-7-19-5)12(4)9-16/h10-13H,6-9,15H2,1-5H3/t11-,12-,13-/m0/s1. The SMILES string of the molecule is COCCN1[C@@H](C)CN(C(=O)[C@@H](N)C(C)C)C[C@@H]1C. The number of nitrogens with zero attached hydrogens (tertiary/aromatic N) is 2. The van der Waals surface area contributed by atoms with E-state index in [-0.39, 0.29) is 17.9 Å². The Hall–Kier alpha value is -0.650. The van der Waals surface area contributed by atoms with E-state index in [4.69, 9.17) is 10.5 Å². The van der Waals surface area contributed by atoms with Gasteiger partial charge in [0.15, 0.2) is 0 Å². The number of ether oxygens (including phenoxy) is 1. The lowest BCUT2D eigenvalue weighted by molar-refractivity contribution is -0.138. The summed E-state index contributed by atoms with van der Waals surface area (Å²) in [5, 5.41) is 0. The fraction of sp³-hybridized carbons (Fsp3) is 0.929. The van der Waals surface area contributed by atoms with Crippen LogP contribution in [0.5, 0.6) is 0 Å². The second-order valence-electron chi connectivity index (χ2n) is 5.94. The van der Waals surface area contributed by atoms with E-state index >= 15 is 0 Å². The van der Waals surface area contributed by atoms with Gasteiger partial charge in [0, 0.05) is 38.8 Å². The van der Waals surface area contributed by atoms with Gasteiger partial charge in [-0.3, -0.25) is 9.69 Å². The Morgan fingerprint density at radius 1 is 1.32 bits per heavy atom. The fourth-order valence-electron chi connectivity index (χ4n) is 2.67. The van der Waals surface area contributed by atoms with E-state index in [1.54, 1.807) is 7.11 Å². The molecule has 0 aliphatic carbocycles. The first-order chi connectivity index (χ1) is 8.88. The molecule has 2 N–H and O–H groups in total. The predicted molar refractivity (Wildman–Crippen MR) is 76.9 cm³/mol. The van der Waals surface area contributed by atoms with Gasteiger partial charge < -0.3 is 15.4 Å². The number of piperazine rings is 1. The minimum atomic E-state index is -0.384. The van der Waals surface area contributed by atoms with E-state index in [1.807, 2.05) is 18.7 Å². The number of methoxy groups -OCH3 is 1. The first kappa shape index (κ1) is 16.4. The molecule has 1 rings (SSSR count). The molecule has 3 atom stereocenters. The van der Waals surface area contributed by atoms with Gasteiger partial charge in [-0.2, -0.15) is 0 Å². The van der Waals surface area contributed by atoms with Crippen molar-refractivity contribution in [3.8, 4) is 0 Å². The van der Waals surface area contributed by atoms with Crippen molar-refractivity contribution in [1.82, 2.24) is 9.80 Å². The molecule has 112 valence electrons. The van der Waals surface area contributed by atoms with Crippen molar-refractivity contribution in [3.05, 3.63) is 0 Å². The zero-order valence-electron chi connectivity index (χ0n) is 12.9. The van der Waals surface area contributed by atoms with Crippen molar-refractivity contribution in [1.29, 1.82) is 0 Å². The number of carbonyl (C=O) groups excluding carboxylic acids is 1. The lowest BCUT2D eigenvalue weighted by Crippen LogP contribution is -2.61. The van der Waals surface area contributed by atoms with E-state index in [0.717, 1.165) is 26.2 Å². The average molecular weight is 271 g/mol. The van der Waals surface area contributed by atoms with E-state index < -0.39 is 0 Å². The summed E-state index contributed by atoms with van der Waals surface area (Å²) >= 11 is 0. The Morgan fingerprint density at radius 2 is 1.84 bits per heavy atom. The number of hydrogen-bond donors (Lipinski definition) is 1. The molecular weight excluding hydrogens is 242 g/mol. The van der Waals surface area contributed by atoms with Gasteiger partial charge in [-0.15, -0.1) is 0 Å². The van der Waals surface area contributed by atoms with E-state index in [1.165, 1.54) is 0 Å². The smallest absolute Gasteiger partial charge is 0.239 e.